The third-order valence-corrected chi connectivity index (χ3v) is 7.09. The van der Waals surface area contributed by atoms with Crippen molar-refractivity contribution in [1.82, 2.24) is 10.3 Å². The van der Waals surface area contributed by atoms with Crippen molar-refractivity contribution in [1.29, 1.82) is 0 Å². The maximum atomic E-state index is 12.9. The van der Waals surface area contributed by atoms with Gasteiger partial charge in [0.15, 0.2) is 0 Å². The van der Waals surface area contributed by atoms with Crippen molar-refractivity contribution in [3.63, 3.8) is 0 Å². The second-order valence-corrected chi connectivity index (χ2v) is 9.23. The van der Waals surface area contributed by atoms with Crippen LogP contribution in [-0.4, -0.2) is 29.2 Å². The number of carbonyl (C=O) groups excluding carboxylic acids is 2. The van der Waals surface area contributed by atoms with Gasteiger partial charge in [0.2, 0.25) is 0 Å². The highest BCUT2D eigenvalue weighted by molar-refractivity contribution is 7.12. The molecule has 4 rings (SSSR count). The van der Waals surface area contributed by atoms with Gasteiger partial charge in [-0.05, 0) is 59.6 Å². The molecule has 3 heterocycles. The minimum Gasteiger partial charge on any atom is -0.329 e. The van der Waals surface area contributed by atoms with Gasteiger partial charge in [-0.3, -0.25) is 4.79 Å². The van der Waals surface area contributed by atoms with Crippen LogP contribution < -0.4 is 10.6 Å². The fourth-order valence-electron chi connectivity index (χ4n) is 3.42. The number of rotatable bonds is 5. The summed E-state index contributed by atoms with van der Waals surface area (Å²) in [5.74, 6) is -0.387. The Morgan fingerprint density at radius 1 is 1.12 bits per heavy atom. The third-order valence-electron chi connectivity index (χ3n) is 5.05. The predicted molar refractivity (Wildman–Crippen MR) is 123 cm³/mol. The van der Waals surface area contributed by atoms with Crippen molar-refractivity contribution in [2.45, 2.75) is 25.6 Å². The zero-order valence-corrected chi connectivity index (χ0v) is 19.0. The fraction of sp³-hybridized carbons (Fsp3) is 0.227. The summed E-state index contributed by atoms with van der Waals surface area (Å²) in [5.41, 5.74) is 1.25. The molecule has 1 aliphatic rings. The molecule has 0 saturated heterocycles. The van der Waals surface area contributed by atoms with E-state index in [0.29, 0.717) is 6.42 Å². The number of urea groups is 1. The smallest absolute Gasteiger partial charge is 0.329 e. The van der Waals surface area contributed by atoms with Crippen LogP contribution in [0.25, 0.3) is 0 Å². The number of alkyl halides is 3. The quantitative estimate of drug-likeness (QED) is 0.484. The van der Waals surface area contributed by atoms with Crippen molar-refractivity contribution in [3.05, 3.63) is 74.1 Å². The minimum absolute atomic E-state index is 0.180. The number of thiophene rings is 2. The molecule has 1 aliphatic heterocycles. The van der Waals surface area contributed by atoms with Gasteiger partial charge in [0.25, 0.3) is 5.91 Å². The van der Waals surface area contributed by atoms with Crippen LogP contribution in [0.4, 0.5) is 23.7 Å². The van der Waals surface area contributed by atoms with Gasteiger partial charge in [-0.2, -0.15) is 18.3 Å². The van der Waals surface area contributed by atoms with Crippen LogP contribution in [0, 0.1) is 6.92 Å². The van der Waals surface area contributed by atoms with E-state index in [1.807, 2.05) is 35.9 Å². The Bertz CT molecular complexity index is 1170. The Kier molecular flexibility index (Phi) is 6.52. The normalized spacial score (nSPS) is 15.9. The monoisotopic (exact) mass is 492 g/mol. The first-order valence-electron chi connectivity index (χ1n) is 9.92. The summed E-state index contributed by atoms with van der Waals surface area (Å²) in [6, 6.07) is 8.96. The lowest BCUT2D eigenvalue weighted by atomic mass is 10.1. The maximum Gasteiger partial charge on any atom is 0.416 e. The summed E-state index contributed by atoms with van der Waals surface area (Å²) in [4.78, 5) is 27.1. The lowest BCUT2D eigenvalue weighted by Crippen LogP contribution is -2.39. The van der Waals surface area contributed by atoms with Gasteiger partial charge < -0.3 is 10.6 Å². The lowest BCUT2D eigenvalue weighted by Gasteiger charge is -2.21. The van der Waals surface area contributed by atoms with Gasteiger partial charge in [0.05, 0.1) is 22.2 Å². The summed E-state index contributed by atoms with van der Waals surface area (Å²) >= 11 is 3.10. The van der Waals surface area contributed by atoms with Crippen LogP contribution in [0.2, 0.25) is 0 Å². The topological polar surface area (TPSA) is 73.8 Å². The molecule has 0 unspecified atom stereocenters. The average Bonchev–Trinajstić information content (AvgIpc) is 3.52. The molecule has 2 N–H and O–H groups in total. The molecule has 1 aromatic carbocycles. The van der Waals surface area contributed by atoms with Crippen molar-refractivity contribution in [2.75, 3.05) is 11.9 Å². The number of aryl methyl sites for hydroxylation is 1. The molecule has 0 saturated carbocycles. The Labute approximate surface area is 195 Å². The SMILES string of the molecule is Cc1ccsc1[C@@H]1CC(c2cccs2)=NN1C(=O)CNC(=O)Nc1ccc(C(F)(F)F)cc1. The predicted octanol–water partition coefficient (Wildman–Crippen LogP) is 5.64. The molecule has 33 heavy (non-hydrogen) atoms. The van der Waals surface area contributed by atoms with Gasteiger partial charge in [-0.15, -0.1) is 22.7 Å². The zero-order chi connectivity index (χ0) is 23.6. The minimum atomic E-state index is -4.46. The summed E-state index contributed by atoms with van der Waals surface area (Å²) in [6.45, 7) is 1.67. The third kappa shape index (κ3) is 5.25. The first-order valence-corrected chi connectivity index (χ1v) is 11.7. The van der Waals surface area contributed by atoms with E-state index in [1.54, 1.807) is 22.7 Å². The lowest BCUT2D eigenvalue weighted by molar-refractivity contribution is -0.137. The van der Waals surface area contributed by atoms with Crippen molar-refractivity contribution < 1.29 is 22.8 Å². The molecule has 6 nitrogen and oxygen atoms in total. The fourth-order valence-corrected chi connectivity index (χ4v) is 5.15. The molecular formula is C22H19F3N4O2S2. The Hall–Kier alpha value is -3.18. The molecule has 0 radical (unpaired) electrons. The molecule has 11 heteroatoms. The summed E-state index contributed by atoms with van der Waals surface area (Å²) < 4.78 is 38.0. The standard InChI is InChI=1S/C22H19F3N4O2S2/c1-13-8-10-33-20(13)17-11-16(18-3-2-9-32-18)28-29(17)19(30)12-26-21(31)27-15-6-4-14(5-7-15)22(23,24)25/h2-10,17H,11-12H2,1H3,(H2,26,27,31)/t17-/m0/s1. The molecule has 1 atom stereocenters. The van der Waals surface area contributed by atoms with E-state index in [0.717, 1.165) is 45.3 Å². The van der Waals surface area contributed by atoms with E-state index in [9.17, 15) is 22.8 Å². The molecule has 3 amide bonds. The van der Waals surface area contributed by atoms with E-state index < -0.39 is 17.8 Å². The van der Waals surface area contributed by atoms with Gasteiger partial charge in [0.1, 0.15) is 6.54 Å². The van der Waals surface area contributed by atoms with Crippen molar-refractivity contribution in [3.8, 4) is 0 Å². The number of hydrogen-bond donors (Lipinski definition) is 2. The second-order valence-electron chi connectivity index (χ2n) is 7.33. The Morgan fingerprint density at radius 3 is 2.48 bits per heavy atom. The number of halogens is 3. The van der Waals surface area contributed by atoms with Crippen LogP contribution in [0.1, 0.15) is 33.3 Å². The number of hydrogen-bond acceptors (Lipinski definition) is 5. The molecular weight excluding hydrogens is 473 g/mol. The zero-order valence-electron chi connectivity index (χ0n) is 17.3. The van der Waals surface area contributed by atoms with E-state index in [4.69, 9.17) is 0 Å². The highest BCUT2D eigenvalue weighted by atomic mass is 32.1. The number of benzene rings is 1. The molecule has 172 valence electrons. The first kappa shape index (κ1) is 23.0. The number of nitrogens with one attached hydrogen (secondary N) is 2. The van der Waals surface area contributed by atoms with Gasteiger partial charge in [-0.1, -0.05) is 6.07 Å². The summed E-state index contributed by atoms with van der Waals surface area (Å²) in [5, 5.41) is 14.7. The largest absolute Gasteiger partial charge is 0.416 e. The summed E-state index contributed by atoms with van der Waals surface area (Å²) in [6.07, 6.45) is -3.88. The number of carbonyl (C=O) groups is 2. The van der Waals surface area contributed by atoms with Crippen molar-refractivity contribution in [2.24, 2.45) is 5.10 Å². The first-order chi connectivity index (χ1) is 15.7. The highest BCUT2D eigenvalue weighted by Crippen LogP contribution is 2.37. The van der Waals surface area contributed by atoms with E-state index >= 15 is 0 Å². The van der Waals surface area contributed by atoms with Crippen LogP contribution >= 0.6 is 22.7 Å². The highest BCUT2D eigenvalue weighted by Gasteiger charge is 2.35. The Balaban J connectivity index is 1.41. The molecule has 2 aromatic heterocycles. The molecule has 0 spiro atoms. The molecule has 0 bridgehead atoms. The average molecular weight is 493 g/mol. The van der Waals surface area contributed by atoms with Gasteiger partial charge >= 0.3 is 12.2 Å². The van der Waals surface area contributed by atoms with Crippen LogP contribution in [0.3, 0.4) is 0 Å². The van der Waals surface area contributed by atoms with Crippen molar-refractivity contribution >= 4 is 46.0 Å². The molecule has 3 aromatic rings. The molecule has 0 aliphatic carbocycles. The number of anilines is 1. The second kappa shape index (κ2) is 9.36. The van der Waals surface area contributed by atoms with Crippen LogP contribution in [-0.2, 0) is 11.0 Å². The number of amides is 3. The van der Waals surface area contributed by atoms with Crippen LogP contribution in [0.5, 0.6) is 0 Å². The maximum absolute atomic E-state index is 12.9. The van der Waals surface area contributed by atoms with E-state index in [2.05, 4.69) is 15.7 Å². The number of nitrogens with zero attached hydrogens (tertiary/aromatic N) is 2. The van der Waals surface area contributed by atoms with E-state index in [1.165, 1.54) is 5.01 Å². The molecule has 0 fully saturated rings. The van der Waals surface area contributed by atoms with E-state index in [-0.39, 0.29) is 24.2 Å². The van der Waals surface area contributed by atoms with Gasteiger partial charge in [0, 0.05) is 17.0 Å². The number of hydrazone groups is 1. The summed E-state index contributed by atoms with van der Waals surface area (Å²) in [7, 11) is 0. The Morgan fingerprint density at radius 2 is 1.88 bits per heavy atom. The van der Waals surface area contributed by atoms with Crippen LogP contribution in [0.15, 0.2) is 58.3 Å². The van der Waals surface area contributed by atoms with Gasteiger partial charge in [-0.25, -0.2) is 9.80 Å².